The molecule has 1 heteroatoms. The standard InChI is InChI=1S/C8H17N/c1-7-5-4-6-9(3)8(7)2/h7-8H,4-6H2,1-3H3/t7-,8-/m1/s1. The maximum atomic E-state index is 2.45. The molecule has 0 amide bonds. The molecular weight excluding hydrogens is 110 g/mol. The molecule has 0 N–H and O–H groups in total. The van der Waals surface area contributed by atoms with E-state index in [1.54, 1.807) is 0 Å². The molecule has 0 aromatic heterocycles. The van der Waals surface area contributed by atoms with E-state index in [1.165, 1.54) is 19.4 Å². The van der Waals surface area contributed by atoms with Crippen LogP contribution in [0.5, 0.6) is 0 Å². The molecule has 0 aromatic rings. The van der Waals surface area contributed by atoms with Gasteiger partial charge in [-0.15, -0.1) is 0 Å². The van der Waals surface area contributed by atoms with E-state index < -0.39 is 0 Å². The highest BCUT2D eigenvalue weighted by molar-refractivity contribution is 4.75. The molecule has 1 fully saturated rings. The molecular formula is C8H17N. The summed E-state index contributed by atoms with van der Waals surface area (Å²) in [6.45, 7) is 5.97. The van der Waals surface area contributed by atoms with Gasteiger partial charge in [0.2, 0.25) is 0 Å². The van der Waals surface area contributed by atoms with Gasteiger partial charge < -0.3 is 4.90 Å². The molecule has 1 aliphatic rings. The van der Waals surface area contributed by atoms with Crippen LogP contribution in [0.1, 0.15) is 26.7 Å². The first-order valence-electron chi connectivity index (χ1n) is 3.92. The summed E-state index contributed by atoms with van der Waals surface area (Å²) >= 11 is 0. The monoisotopic (exact) mass is 127 g/mol. The lowest BCUT2D eigenvalue weighted by Gasteiger charge is -2.34. The zero-order chi connectivity index (χ0) is 6.85. The fourth-order valence-electron chi connectivity index (χ4n) is 1.54. The molecule has 9 heavy (non-hydrogen) atoms. The summed E-state index contributed by atoms with van der Waals surface area (Å²) in [4.78, 5) is 2.45. The fourth-order valence-corrected chi connectivity index (χ4v) is 1.54. The molecule has 0 bridgehead atoms. The number of hydrogen-bond acceptors (Lipinski definition) is 1. The van der Waals surface area contributed by atoms with Gasteiger partial charge in [0.05, 0.1) is 0 Å². The second-order valence-corrected chi connectivity index (χ2v) is 3.34. The third kappa shape index (κ3) is 1.45. The van der Waals surface area contributed by atoms with Gasteiger partial charge in [0.25, 0.3) is 0 Å². The van der Waals surface area contributed by atoms with Gasteiger partial charge in [-0.05, 0) is 39.3 Å². The van der Waals surface area contributed by atoms with Crippen LogP contribution >= 0.6 is 0 Å². The molecule has 0 aliphatic carbocycles. The summed E-state index contributed by atoms with van der Waals surface area (Å²) in [7, 11) is 2.22. The van der Waals surface area contributed by atoms with Gasteiger partial charge in [0.15, 0.2) is 0 Å². The van der Waals surface area contributed by atoms with Crippen LogP contribution in [0.4, 0.5) is 0 Å². The van der Waals surface area contributed by atoms with Crippen molar-refractivity contribution in [2.45, 2.75) is 32.7 Å². The van der Waals surface area contributed by atoms with Gasteiger partial charge in [-0.3, -0.25) is 0 Å². The second-order valence-electron chi connectivity index (χ2n) is 3.34. The van der Waals surface area contributed by atoms with E-state index in [1.807, 2.05) is 0 Å². The van der Waals surface area contributed by atoms with E-state index in [0.29, 0.717) is 0 Å². The number of rotatable bonds is 0. The first-order valence-corrected chi connectivity index (χ1v) is 3.92. The molecule has 0 aromatic carbocycles. The lowest BCUT2D eigenvalue weighted by Crippen LogP contribution is -2.39. The van der Waals surface area contributed by atoms with Gasteiger partial charge >= 0.3 is 0 Å². The van der Waals surface area contributed by atoms with Gasteiger partial charge in [-0.25, -0.2) is 0 Å². The van der Waals surface area contributed by atoms with Crippen LogP contribution in [0.25, 0.3) is 0 Å². The van der Waals surface area contributed by atoms with E-state index in [2.05, 4.69) is 25.8 Å². The van der Waals surface area contributed by atoms with Crippen molar-refractivity contribution in [1.82, 2.24) is 4.90 Å². The molecule has 0 saturated carbocycles. The van der Waals surface area contributed by atoms with E-state index in [0.717, 1.165) is 12.0 Å². The lowest BCUT2D eigenvalue weighted by molar-refractivity contribution is 0.145. The molecule has 0 spiro atoms. The molecule has 1 nitrogen and oxygen atoms in total. The van der Waals surface area contributed by atoms with Crippen molar-refractivity contribution < 1.29 is 0 Å². The molecule has 2 atom stereocenters. The lowest BCUT2D eigenvalue weighted by atomic mass is 9.93. The van der Waals surface area contributed by atoms with Crippen LogP contribution in [0.2, 0.25) is 0 Å². The van der Waals surface area contributed by atoms with Crippen molar-refractivity contribution in [3.05, 3.63) is 0 Å². The third-order valence-corrected chi connectivity index (χ3v) is 2.69. The highest BCUT2D eigenvalue weighted by atomic mass is 15.1. The van der Waals surface area contributed by atoms with E-state index in [4.69, 9.17) is 0 Å². The SMILES string of the molecule is C[C@@H]1CCCN(C)[C@@H]1C. The minimum absolute atomic E-state index is 0.804. The third-order valence-electron chi connectivity index (χ3n) is 2.69. The van der Waals surface area contributed by atoms with Gasteiger partial charge in [0, 0.05) is 6.04 Å². The minimum Gasteiger partial charge on any atom is -0.303 e. The topological polar surface area (TPSA) is 3.24 Å². The molecule has 0 unspecified atom stereocenters. The van der Waals surface area contributed by atoms with Crippen LogP contribution in [-0.4, -0.2) is 24.5 Å². The Hall–Kier alpha value is -0.0400. The van der Waals surface area contributed by atoms with Gasteiger partial charge in [-0.1, -0.05) is 6.92 Å². The number of piperidine rings is 1. The van der Waals surface area contributed by atoms with Crippen LogP contribution in [0.15, 0.2) is 0 Å². The highest BCUT2D eigenvalue weighted by Gasteiger charge is 2.20. The average Bonchev–Trinajstić information content (AvgIpc) is 1.83. The van der Waals surface area contributed by atoms with Crippen LogP contribution < -0.4 is 0 Å². The Bertz CT molecular complexity index is 80.6. The first-order chi connectivity index (χ1) is 4.22. The summed E-state index contributed by atoms with van der Waals surface area (Å²) in [6.07, 6.45) is 2.81. The Morgan fingerprint density at radius 1 is 1.33 bits per heavy atom. The summed E-state index contributed by atoms with van der Waals surface area (Å²) in [5, 5.41) is 0. The Kier molecular flexibility index (Phi) is 2.12. The van der Waals surface area contributed by atoms with Crippen molar-refractivity contribution in [2.75, 3.05) is 13.6 Å². The summed E-state index contributed by atoms with van der Waals surface area (Å²) in [5.41, 5.74) is 0. The van der Waals surface area contributed by atoms with Crippen molar-refractivity contribution in [3.8, 4) is 0 Å². The van der Waals surface area contributed by atoms with Crippen molar-refractivity contribution in [2.24, 2.45) is 5.92 Å². The zero-order valence-electron chi connectivity index (χ0n) is 6.72. The smallest absolute Gasteiger partial charge is 0.00895 e. The predicted molar refractivity (Wildman–Crippen MR) is 40.5 cm³/mol. The molecule has 1 rings (SSSR count). The predicted octanol–water partition coefficient (Wildman–Crippen LogP) is 1.74. The quantitative estimate of drug-likeness (QED) is 0.479. The Morgan fingerprint density at radius 2 is 2.00 bits per heavy atom. The maximum absolute atomic E-state index is 2.45. The second kappa shape index (κ2) is 2.70. The summed E-state index contributed by atoms with van der Waals surface area (Å²) in [6, 6.07) is 0.804. The summed E-state index contributed by atoms with van der Waals surface area (Å²) < 4.78 is 0. The summed E-state index contributed by atoms with van der Waals surface area (Å²) in [5.74, 6) is 0.906. The molecule has 1 heterocycles. The van der Waals surface area contributed by atoms with E-state index >= 15 is 0 Å². The maximum Gasteiger partial charge on any atom is 0.00895 e. The first kappa shape index (κ1) is 7.07. The Labute approximate surface area is 58.0 Å². The van der Waals surface area contributed by atoms with E-state index in [-0.39, 0.29) is 0 Å². The number of hydrogen-bond donors (Lipinski definition) is 0. The normalized spacial score (nSPS) is 39.0. The van der Waals surface area contributed by atoms with Gasteiger partial charge in [0.1, 0.15) is 0 Å². The Balaban J connectivity index is 2.41. The Morgan fingerprint density at radius 3 is 2.44 bits per heavy atom. The van der Waals surface area contributed by atoms with Crippen LogP contribution in [0.3, 0.4) is 0 Å². The number of nitrogens with zero attached hydrogens (tertiary/aromatic N) is 1. The minimum atomic E-state index is 0.804. The van der Waals surface area contributed by atoms with Crippen molar-refractivity contribution >= 4 is 0 Å². The fraction of sp³-hybridized carbons (Fsp3) is 1.00. The molecule has 54 valence electrons. The molecule has 0 radical (unpaired) electrons. The molecule has 1 saturated heterocycles. The van der Waals surface area contributed by atoms with Gasteiger partial charge in [-0.2, -0.15) is 0 Å². The van der Waals surface area contributed by atoms with Crippen molar-refractivity contribution in [3.63, 3.8) is 0 Å². The largest absolute Gasteiger partial charge is 0.303 e. The average molecular weight is 127 g/mol. The molecule has 1 aliphatic heterocycles. The van der Waals surface area contributed by atoms with Crippen molar-refractivity contribution in [1.29, 1.82) is 0 Å². The van der Waals surface area contributed by atoms with Crippen LogP contribution in [-0.2, 0) is 0 Å². The zero-order valence-corrected chi connectivity index (χ0v) is 6.72. The van der Waals surface area contributed by atoms with E-state index in [9.17, 15) is 0 Å². The highest BCUT2D eigenvalue weighted by Crippen LogP contribution is 2.20. The number of likely N-dealkylation sites (tertiary alicyclic amines) is 1. The van der Waals surface area contributed by atoms with Crippen LogP contribution in [0, 0.1) is 5.92 Å².